The molecule has 1 aliphatic rings. The van der Waals surface area contributed by atoms with E-state index in [0.717, 1.165) is 10.0 Å². The number of carbonyl (C=O) groups excluding carboxylic acids is 1. The third-order valence-electron chi connectivity index (χ3n) is 2.58. The van der Waals surface area contributed by atoms with Gasteiger partial charge in [0.25, 0.3) is 5.91 Å². The minimum Gasteiger partial charge on any atom is -0.481 e. The second-order valence-corrected chi connectivity index (χ2v) is 4.49. The minimum absolute atomic E-state index is 0.0165. The van der Waals surface area contributed by atoms with Gasteiger partial charge in [0.15, 0.2) is 0 Å². The predicted octanol–water partition coefficient (Wildman–Crippen LogP) is 1.88. The molecule has 0 radical (unpaired) electrons. The quantitative estimate of drug-likeness (QED) is 0.922. The molecular formula is C11H10BrNO3. The van der Waals surface area contributed by atoms with E-state index in [9.17, 15) is 9.59 Å². The largest absolute Gasteiger partial charge is 0.481 e. The van der Waals surface area contributed by atoms with Crippen molar-refractivity contribution in [3.63, 3.8) is 0 Å². The van der Waals surface area contributed by atoms with Crippen molar-refractivity contribution in [1.82, 2.24) is 4.90 Å². The standard InChI is InChI=1S/C11H10BrNO3/c12-9-3-1-2-7-8(9)6-13(11(7)16)5-4-10(14)15/h1-3H,4-6H2,(H,14,15). The second-order valence-electron chi connectivity index (χ2n) is 3.64. The first-order valence-corrected chi connectivity index (χ1v) is 5.67. The van der Waals surface area contributed by atoms with E-state index in [0.29, 0.717) is 12.1 Å². The van der Waals surface area contributed by atoms with Crippen LogP contribution in [0.15, 0.2) is 22.7 Å². The van der Waals surface area contributed by atoms with Crippen molar-refractivity contribution < 1.29 is 14.7 Å². The number of hydrogen-bond donors (Lipinski definition) is 1. The van der Waals surface area contributed by atoms with Gasteiger partial charge < -0.3 is 10.0 Å². The zero-order valence-corrected chi connectivity index (χ0v) is 10.0. The molecule has 1 aromatic carbocycles. The maximum absolute atomic E-state index is 11.9. The van der Waals surface area contributed by atoms with Crippen molar-refractivity contribution in [3.05, 3.63) is 33.8 Å². The highest BCUT2D eigenvalue weighted by molar-refractivity contribution is 9.10. The fourth-order valence-electron chi connectivity index (χ4n) is 1.76. The van der Waals surface area contributed by atoms with E-state index in [-0.39, 0.29) is 18.9 Å². The number of benzene rings is 1. The van der Waals surface area contributed by atoms with Gasteiger partial charge in [-0.2, -0.15) is 0 Å². The summed E-state index contributed by atoms with van der Waals surface area (Å²) < 4.78 is 0.899. The number of nitrogens with zero attached hydrogens (tertiary/aromatic N) is 1. The molecule has 0 bridgehead atoms. The fourth-order valence-corrected chi connectivity index (χ4v) is 2.26. The number of aliphatic carboxylic acids is 1. The molecule has 0 saturated heterocycles. The Balaban J connectivity index is 2.18. The second kappa shape index (κ2) is 4.25. The van der Waals surface area contributed by atoms with Gasteiger partial charge in [0.05, 0.1) is 6.42 Å². The van der Waals surface area contributed by atoms with E-state index in [1.165, 1.54) is 0 Å². The number of carboxylic acid groups (broad SMARTS) is 1. The molecule has 0 spiro atoms. The summed E-state index contributed by atoms with van der Waals surface area (Å²) in [6.45, 7) is 0.748. The minimum atomic E-state index is -0.886. The van der Waals surface area contributed by atoms with Gasteiger partial charge in [-0.15, -0.1) is 0 Å². The van der Waals surface area contributed by atoms with E-state index in [1.807, 2.05) is 12.1 Å². The highest BCUT2D eigenvalue weighted by Crippen LogP contribution is 2.29. The Bertz CT molecular complexity index is 459. The van der Waals surface area contributed by atoms with Gasteiger partial charge in [-0.1, -0.05) is 22.0 Å². The van der Waals surface area contributed by atoms with Gasteiger partial charge in [-0.05, 0) is 17.7 Å². The van der Waals surface area contributed by atoms with Crippen molar-refractivity contribution in [2.45, 2.75) is 13.0 Å². The smallest absolute Gasteiger partial charge is 0.305 e. The van der Waals surface area contributed by atoms with Crippen LogP contribution in [0, 0.1) is 0 Å². The molecule has 1 amide bonds. The van der Waals surface area contributed by atoms with Crippen LogP contribution >= 0.6 is 15.9 Å². The van der Waals surface area contributed by atoms with Crippen molar-refractivity contribution >= 4 is 27.8 Å². The van der Waals surface area contributed by atoms with E-state index in [1.54, 1.807) is 11.0 Å². The summed E-state index contributed by atoms with van der Waals surface area (Å²) in [5, 5.41) is 8.58. The Morgan fingerprint density at radius 1 is 1.50 bits per heavy atom. The maximum atomic E-state index is 11.9. The topological polar surface area (TPSA) is 57.6 Å². The maximum Gasteiger partial charge on any atom is 0.305 e. The van der Waals surface area contributed by atoms with E-state index in [2.05, 4.69) is 15.9 Å². The Kier molecular flexibility index (Phi) is 2.96. The molecule has 1 aliphatic heterocycles. The molecule has 16 heavy (non-hydrogen) atoms. The van der Waals surface area contributed by atoms with E-state index in [4.69, 9.17) is 5.11 Å². The molecular weight excluding hydrogens is 274 g/mol. The lowest BCUT2D eigenvalue weighted by molar-refractivity contribution is -0.137. The van der Waals surface area contributed by atoms with Crippen LogP contribution in [-0.4, -0.2) is 28.4 Å². The van der Waals surface area contributed by atoms with Crippen LogP contribution in [0.5, 0.6) is 0 Å². The van der Waals surface area contributed by atoms with E-state index >= 15 is 0 Å². The van der Waals surface area contributed by atoms with Crippen LogP contribution in [0.1, 0.15) is 22.3 Å². The molecule has 0 saturated carbocycles. The Morgan fingerprint density at radius 3 is 2.88 bits per heavy atom. The molecule has 0 aliphatic carbocycles. The highest BCUT2D eigenvalue weighted by Gasteiger charge is 2.28. The lowest BCUT2D eigenvalue weighted by atomic mass is 10.1. The summed E-state index contributed by atoms with van der Waals surface area (Å²) in [7, 11) is 0. The first kappa shape index (κ1) is 11.1. The summed E-state index contributed by atoms with van der Waals surface area (Å²) >= 11 is 3.39. The van der Waals surface area contributed by atoms with Gasteiger partial charge in [0, 0.05) is 23.1 Å². The van der Waals surface area contributed by atoms with Gasteiger partial charge in [-0.3, -0.25) is 9.59 Å². The average Bonchev–Trinajstić information content (AvgIpc) is 2.55. The molecule has 0 aromatic heterocycles. The highest BCUT2D eigenvalue weighted by atomic mass is 79.9. The number of carbonyl (C=O) groups is 2. The zero-order chi connectivity index (χ0) is 11.7. The number of carboxylic acids is 1. The number of fused-ring (bicyclic) bond motifs is 1. The van der Waals surface area contributed by atoms with Crippen molar-refractivity contribution in [2.24, 2.45) is 0 Å². The Labute approximate surface area is 101 Å². The molecule has 5 heteroatoms. The van der Waals surface area contributed by atoms with Crippen LogP contribution in [0.2, 0.25) is 0 Å². The number of amides is 1. The van der Waals surface area contributed by atoms with E-state index < -0.39 is 5.97 Å². The molecule has 2 rings (SSSR count). The third-order valence-corrected chi connectivity index (χ3v) is 3.32. The van der Waals surface area contributed by atoms with Crippen LogP contribution < -0.4 is 0 Å². The summed E-state index contributed by atoms with van der Waals surface area (Å²) in [6.07, 6.45) is -0.0165. The van der Waals surface area contributed by atoms with Crippen molar-refractivity contribution in [1.29, 1.82) is 0 Å². The molecule has 1 heterocycles. The van der Waals surface area contributed by atoms with Gasteiger partial charge in [-0.25, -0.2) is 0 Å². The molecule has 84 valence electrons. The first-order chi connectivity index (χ1) is 7.59. The van der Waals surface area contributed by atoms with Crippen LogP contribution in [-0.2, 0) is 11.3 Å². The van der Waals surface area contributed by atoms with Gasteiger partial charge in [0.2, 0.25) is 0 Å². The fraction of sp³-hybridized carbons (Fsp3) is 0.273. The first-order valence-electron chi connectivity index (χ1n) is 4.88. The lowest BCUT2D eigenvalue weighted by Crippen LogP contribution is -2.26. The molecule has 0 fully saturated rings. The Morgan fingerprint density at radius 2 is 2.25 bits per heavy atom. The normalized spacial score (nSPS) is 14.1. The van der Waals surface area contributed by atoms with Crippen LogP contribution in [0.25, 0.3) is 0 Å². The zero-order valence-electron chi connectivity index (χ0n) is 8.44. The van der Waals surface area contributed by atoms with Crippen LogP contribution in [0.4, 0.5) is 0 Å². The summed E-state index contributed by atoms with van der Waals surface area (Å²) in [4.78, 5) is 23.9. The summed E-state index contributed by atoms with van der Waals surface area (Å²) in [5.41, 5.74) is 1.61. The molecule has 0 unspecified atom stereocenters. The monoisotopic (exact) mass is 283 g/mol. The lowest BCUT2D eigenvalue weighted by Gasteiger charge is -2.13. The summed E-state index contributed by atoms with van der Waals surface area (Å²) in [6, 6.07) is 5.46. The van der Waals surface area contributed by atoms with Gasteiger partial charge in [0.1, 0.15) is 0 Å². The average molecular weight is 284 g/mol. The van der Waals surface area contributed by atoms with Crippen molar-refractivity contribution in [2.75, 3.05) is 6.54 Å². The molecule has 1 N–H and O–H groups in total. The van der Waals surface area contributed by atoms with Crippen molar-refractivity contribution in [3.8, 4) is 0 Å². The van der Waals surface area contributed by atoms with Crippen LogP contribution in [0.3, 0.4) is 0 Å². The summed E-state index contributed by atoms with van der Waals surface area (Å²) in [5.74, 6) is -0.972. The number of rotatable bonds is 3. The number of hydrogen-bond acceptors (Lipinski definition) is 2. The molecule has 4 nitrogen and oxygen atoms in total. The van der Waals surface area contributed by atoms with Gasteiger partial charge >= 0.3 is 5.97 Å². The SMILES string of the molecule is O=C(O)CCN1Cc2c(Br)cccc2C1=O. The molecule has 0 atom stereocenters. The number of halogens is 1. The molecule has 1 aromatic rings. The Hall–Kier alpha value is -1.36. The third kappa shape index (κ3) is 1.95. The predicted molar refractivity (Wildman–Crippen MR) is 61.1 cm³/mol.